The van der Waals surface area contributed by atoms with Gasteiger partial charge in [0, 0.05) is 158 Å². The fraction of sp³-hybridized carbons (Fsp3) is 0.0263. The largest absolute Gasteiger partial charge is 0.264 e. The van der Waals surface area contributed by atoms with Gasteiger partial charge in [-0.1, -0.05) is 297 Å². The van der Waals surface area contributed by atoms with Gasteiger partial charge in [0.05, 0.1) is 17.1 Å². The van der Waals surface area contributed by atoms with E-state index < -0.39 is 0 Å². The first kappa shape index (κ1) is 77.6. The second-order valence-electron chi connectivity index (χ2n) is 31.8. The first-order valence-electron chi connectivity index (χ1n) is 42.9. The number of hydrogen-bond acceptors (Lipinski definition) is 15. The summed E-state index contributed by atoms with van der Waals surface area (Å²) in [5, 5.41) is 0. The zero-order valence-electron chi connectivity index (χ0n) is 69.7. The summed E-state index contributed by atoms with van der Waals surface area (Å²) < 4.78 is 0. The van der Waals surface area contributed by atoms with E-state index in [1.807, 2.05) is 213 Å². The Balaban J connectivity index is 0.000000114. The Labute approximate surface area is 745 Å². The quantitative estimate of drug-likeness (QED) is 0.0940. The summed E-state index contributed by atoms with van der Waals surface area (Å²) in [6.07, 6.45) is 19.7. The molecule has 0 saturated carbocycles. The van der Waals surface area contributed by atoms with Gasteiger partial charge in [-0.25, -0.2) is 44.9 Å². The first-order chi connectivity index (χ1) is 63.9. The highest BCUT2D eigenvalue weighted by molar-refractivity contribution is 5.88. The number of rotatable bonds is 15. The molecule has 15 heteroatoms. The van der Waals surface area contributed by atoms with Gasteiger partial charge in [0.1, 0.15) is 0 Å². The Hall–Kier alpha value is -17.4. The lowest BCUT2D eigenvalue weighted by Gasteiger charge is -2.11. The third kappa shape index (κ3) is 16.0. The van der Waals surface area contributed by atoms with E-state index in [-0.39, 0.29) is 0 Å². The van der Waals surface area contributed by atoms with Crippen molar-refractivity contribution in [1.82, 2.24) is 74.8 Å². The number of nitrogens with zero attached hydrogens (tertiary/aromatic N) is 15. The number of pyridine rings is 6. The highest BCUT2D eigenvalue weighted by atomic mass is 15.1. The molecule has 606 valence electrons. The minimum Gasteiger partial charge on any atom is -0.264 e. The summed E-state index contributed by atoms with van der Waals surface area (Å²) in [6, 6.07) is 124. The van der Waals surface area contributed by atoms with Gasteiger partial charge in [0.2, 0.25) is 0 Å². The molecule has 0 atom stereocenters. The van der Waals surface area contributed by atoms with Crippen LogP contribution >= 0.6 is 0 Å². The van der Waals surface area contributed by atoms with Crippen LogP contribution in [0.4, 0.5) is 0 Å². The molecule has 21 aromatic rings. The van der Waals surface area contributed by atoms with Gasteiger partial charge in [-0.15, -0.1) is 0 Å². The lowest BCUT2D eigenvalue weighted by Crippen LogP contribution is -2.00. The van der Waals surface area contributed by atoms with E-state index in [1.54, 1.807) is 0 Å². The van der Waals surface area contributed by atoms with E-state index in [2.05, 4.69) is 221 Å². The molecule has 0 radical (unpaired) electrons. The second-order valence-corrected chi connectivity index (χ2v) is 31.8. The number of benzene rings is 12. The molecule has 9 heterocycles. The van der Waals surface area contributed by atoms with Crippen molar-refractivity contribution in [1.29, 1.82) is 0 Å². The van der Waals surface area contributed by atoms with Crippen molar-refractivity contribution in [2.45, 2.75) is 19.3 Å². The lowest BCUT2D eigenvalue weighted by molar-refractivity contribution is 1.07. The maximum Gasteiger partial charge on any atom is 0.164 e. The lowest BCUT2D eigenvalue weighted by atomic mass is 9.97. The molecular formula is C114H75N15. The van der Waals surface area contributed by atoms with Crippen LogP contribution < -0.4 is 0 Å². The van der Waals surface area contributed by atoms with Gasteiger partial charge in [-0.05, 0) is 150 Å². The Morgan fingerprint density at radius 3 is 0.651 bits per heavy atom. The van der Waals surface area contributed by atoms with Crippen LogP contribution in [0.1, 0.15) is 33.4 Å². The summed E-state index contributed by atoms with van der Waals surface area (Å²) in [5.41, 5.74) is 36.3. The molecule has 12 aromatic carbocycles. The van der Waals surface area contributed by atoms with Crippen molar-refractivity contribution < 1.29 is 0 Å². The van der Waals surface area contributed by atoms with Crippen LogP contribution in [0.2, 0.25) is 0 Å². The van der Waals surface area contributed by atoms with Gasteiger partial charge in [-0.3, -0.25) is 29.9 Å². The normalized spacial score (nSPS) is 11.6. The summed E-state index contributed by atoms with van der Waals surface area (Å²) in [4.78, 5) is 71.7. The summed E-state index contributed by atoms with van der Waals surface area (Å²) >= 11 is 0. The third-order valence-corrected chi connectivity index (χ3v) is 23.8. The van der Waals surface area contributed by atoms with Gasteiger partial charge >= 0.3 is 0 Å². The van der Waals surface area contributed by atoms with Crippen LogP contribution in [0.25, 0.3) is 203 Å². The maximum absolute atomic E-state index is 5.02. The fourth-order valence-electron chi connectivity index (χ4n) is 17.4. The topological polar surface area (TPSA) is 193 Å². The summed E-state index contributed by atoms with van der Waals surface area (Å²) in [7, 11) is 0. The minimum atomic E-state index is 0.621. The molecule has 3 aliphatic carbocycles. The highest BCUT2D eigenvalue weighted by Crippen LogP contribution is 2.45. The molecule has 3 aliphatic rings. The van der Waals surface area contributed by atoms with Crippen molar-refractivity contribution in [3.05, 3.63) is 453 Å². The van der Waals surface area contributed by atoms with Crippen molar-refractivity contribution in [2.24, 2.45) is 0 Å². The average Bonchev–Trinajstić information content (AvgIpc) is 1.63. The summed E-state index contributed by atoms with van der Waals surface area (Å²) in [5.74, 6) is 5.78. The standard InChI is InChI=1S/3C38H25N5/c1-3-9-25(10-4-1)36-41-37(26-11-5-2-6-12-26)43-38(42-36)31-16-8-14-28(22-31)27-13-7-15-30(21-27)35-33-23-29-17-19-39-24-34(29)32(33)18-20-40-35;1-3-9-25(10-4-1)27-13-7-15-30(21-27)37-41-36(26-11-5-2-6-12-26)42-38(43-37)31-16-8-14-29(22-31)35-33-23-28-17-19-39-24-34(28)32(33)18-20-40-35;1-3-8-27(9-4-1)36-41-37(28-10-5-2-6-11-28)43-38(42-36)31-13-7-12-29(22-31)25-14-16-26(17-15-25)35-33-23-30-18-20-39-24-34(30)32(33)19-21-40-35/h3*1-22,24H,23H2. The van der Waals surface area contributed by atoms with Gasteiger partial charge < -0.3 is 0 Å². The molecule has 0 amide bonds. The predicted molar refractivity (Wildman–Crippen MR) is 513 cm³/mol. The molecule has 15 nitrogen and oxygen atoms in total. The molecule has 0 spiro atoms. The van der Waals surface area contributed by atoms with Crippen molar-refractivity contribution in [3.63, 3.8) is 0 Å². The zero-order chi connectivity index (χ0) is 85.8. The Kier molecular flexibility index (Phi) is 20.9. The Morgan fingerprint density at radius 1 is 0.147 bits per heavy atom. The molecule has 0 saturated heterocycles. The number of aromatic nitrogens is 15. The maximum atomic E-state index is 5.02. The van der Waals surface area contributed by atoms with Crippen LogP contribution in [0.3, 0.4) is 0 Å². The van der Waals surface area contributed by atoms with Gasteiger partial charge in [-0.2, -0.15) is 0 Å². The molecule has 0 aliphatic heterocycles. The molecular weight excluding hydrogens is 1580 g/mol. The van der Waals surface area contributed by atoms with Crippen LogP contribution in [-0.2, 0) is 19.3 Å². The van der Waals surface area contributed by atoms with Crippen LogP contribution in [0.15, 0.2) is 420 Å². The fourth-order valence-corrected chi connectivity index (χ4v) is 17.4. The second kappa shape index (κ2) is 34.7. The van der Waals surface area contributed by atoms with E-state index in [0.29, 0.717) is 52.4 Å². The van der Waals surface area contributed by atoms with E-state index in [0.717, 1.165) is 136 Å². The van der Waals surface area contributed by atoms with Crippen molar-refractivity contribution in [3.8, 4) is 203 Å². The van der Waals surface area contributed by atoms with Crippen LogP contribution in [0.5, 0.6) is 0 Å². The summed E-state index contributed by atoms with van der Waals surface area (Å²) in [6.45, 7) is 0. The molecule has 0 N–H and O–H groups in total. The zero-order valence-corrected chi connectivity index (χ0v) is 69.7. The van der Waals surface area contributed by atoms with Crippen LogP contribution in [-0.4, -0.2) is 74.8 Å². The van der Waals surface area contributed by atoms with E-state index in [4.69, 9.17) is 59.8 Å². The highest BCUT2D eigenvalue weighted by Gasteiger charge is 2.28. The SMILES string of the molecule is c1ccc(-c2cccc(-c3nc(-c4ccccc4)nc(-c4cccc(-c5nccc6c5Cc5ccncc5-6)c4)n3)c2)cc1.c1ccc(-c2nc(-c3ccccc3)nc(-c3cccc(-c4ccc(-c5nccc6c5Cc5ccncc5-6)cc4)c3)n2)cc1.c1ccc(-c2nc(-c3ccccc3)nc(-c3cccc(-c4cccc(-c5nccc6c5Cc5ccncc5-6)c4)c3)n2)cc1. The molecule has 0 fully saturated rings. The predicted octanol–water partition coefficient (Wildman–Crippen LogP) is 25.7. The molecule has 24 rings (SSSR count). The average molecular weight is 1650 g/mol. The van der Waals surface area contributed by atoms with Crippen LogP contribution in [0, 0.1) is 0 Å². The van der Waals surface area contributed by atoms with E-state index >= 15 is 0 Å². The Morgan fingerprint density at radius 2 is 0.357 bits per heavy atom. The number of fused-ring (bicyclic) bond motifs is 9. The molecule has 0 bridgehead atoms. The molecule has 9 aromatic heterocycles. The monoisotopic (exact) mass is 1650 g/mol. The smallest absolute Gasteiger partial charge is 0.164 e. The molecule has 129 heavy (non-hydrogen) atoms. The van der Waals surface area contributed by atoms with Gasteiger partial charge in [0.25, 0.3) is 0 Å². The number of hydrogen-bond donors (Lipinski definition) is 0. The van der Waals surface area contributed by atoms with Crippen molar-refractivity contribution in [2.75, 3.05) is 0 Å². The minimum absolute atomic E-state index is 0.621. The van der Waals surface area contributed by atoms with Gasteiger partial charge in [0.15, 0.2) is 52.4 Å². The Bertz CT molecular complexity index is 7640. The molecule has 0 unspecified atom stereocenters. The van der Waals surface area contributed by atoms with E-state index in [1.165, 1.54) is 66.8 Å². The van der Waals surface area contributed by atoms with Crippen molar-refractivity contribution >= 4 is 0 Å². The first-order valence-corrected chi connectivity index (χ1v) is 42.9. The van der Waals surface area contributed by atoms with E-state index in [9.17, 15) is 0 Å². The third-order valence-electron chi connectivity index (χ3n) is 23.8.